The number of carboxylic acids is 1. The first-order chi connectivity index (χ1) is 10.0. The van der Waals surface area contributed by atoms with Crippen LogP contribution in [-0.4, -0.2) is 43.7 Å². The second-order valence-corrected chi connectivity index (χ2v) is 4.54. The van der Waals surface area contributed by atoms with Gasteiger partial charge < -0.3 is 19.9 Å². The van der Waals surface area contributed by atoms with Crippen molar-refractivity contribution in [2.75, 3.05) is 20.8 Å². The fraction of sp³-hybridized carbons (Fsp3) is 0.467. The molecule has 0 fully saturated rings. The molecule has 1 rings (SSSR count). The summed E-state index contributed by atoms with van der Waals surface area (Å²) in [7, 11) is 2.99. The first-order valence-corrected chi connectivity index (χ1v) is 6.74. The van der Waals surface area contributed by atoms with E-state index in [-0.39, 0.29) is 12.2 Å². The van der Waals surface area contributed by atoms with Crippen LogP contribution in [0, 0.1) is 0 Å². The quantitative estimate of drug-likeness (QED) is 0.675. The molecule has 0 saturated carbocycles. The van der Waals surface area contributed by atoms with Gasteiger partial charge in [0.1, 0.15) is 0 Å². The van der Waals surface area contributed by atoms with Crippen molar-refractivity contribution in [1.82, 2.24) is 5.32 Å². The Hall–Kier alpha value is -2.08. The molecule has 1 aromatic rings. The summed E-state index contributed by atoms with van der Waals surface area (Å²) in [5, 5.41) is 11.9. The maximum Gasteiger partial charge on any atom is 0.305 e. The topological polar surface area (TPSA) is 84.9 Å². The summed E-state index contributed by atoms with van der Waals surface area (Å²) in [5.74, 6) is -0.331. The number of benzene rings is 1. The standard InChI is InChI=1S/C15H21NO5/c1-4-7-16-11(9-14(17)18)15(19)10-5-6-12(20-2)13(8-10)21-3/h5-6,8,11,16H,4,7,9H2,1-3H3,(H,17,18). The Kier molecular flexibility index (Phi) is 6.68. The molecule has 0 heterocycles. The second-order valence-electron chi connectivity index (χ2n) is 4.54. The minimum absolute atomic E-state index is 0.257. The van der Waals surface area contributed by atoms with Crippen molar-refractivity contribution in [2.24, 2.45) is 0 Å². The lowest BCUT2D eigenvalue weighted by molar-refractivity contribution is -0.137. The Morgan fingerprint density at radius 2 is 1.90 bits per heavy atom. The van der Waals surface area contributed by atoms with Crippen molar-refractivity contribution in [3.8, 4) is 11.5 Å². The molecule has 116 valence electrons. The lowest BCUT2D eigenvalue weighted by atomic mass is 10.0. The third-order valence-electron chi connectivity index (χ3n) is 3.00. The molecule has 0 aromatic heterocycles. The van der Waals surface area contributed by atoms with E-state index in [1.807, 2.05) is 6.92 Å². The van der Waals surface area contributed by atoms with Gasteiger partial charge in [-0.1, -0.05) is 6.92 Å². The van der Waals surface area contributed by atoms with Crippen LogP contribution in [0.1, 0.15) is 30.1 Å². The fourth-order valence-electron chi connectivity index (χ4n) is 1.94. The number of aliphatic carboxylic acids is 1. The highest BCUT2D eigenvalue weighted by Gasteiger charge is 2.23. The Bertz CT molecular complexity index is 501. The van der Waals surface area contributed by atoms with Crippen molar-refractivity contribution in [3.63, 3.8) is 0 Å². The second kappa shape index (κ2) is 8.26. The average Bonchev–Trinajstić information content (AvgIpc) is 2.49. The van der Waals surface area contributed by atoms with E-state index in [1.165, 1.54) is 14.2 Å². The van der Waals surface area contributed by atoms with E-state index in [0.29, 0.717) is 23.6 Å². The molecule has 21 heavy (non-hydrogen) atoms. The van der Waals surface area contributed by atoms with Gasteiger partial charge in [-0.3, -0.25) is 9.59 Å². The van der Waals surface area contributed by atoms with E-state index in [0.717, 1.165) is 6.42 Å². The smallest absolute Gasteiger partial charge is 0.305 e. The zero-order valence-corrected chi connectivity index (χ0v) is 12.5. The van der Waals surface area contributed by atoms with Crippen molar-refractivity contribution >= 4 is 11.8 Å². The van der Waals surface area contributed by atoms with Crippen molar-refractivity contribution in [3.05, 3.63) is 23.8 Å². The van der Waals surface area contributed by atoms with E-state index in [1.54, 1.807) is 18.2 Å². The zero-order chi connectivity index (χ0) is 15.8. The first-order valence-electron chi connectivity index (χ1n) is 6.74. The Balaban J connectivity index is 2.99. The summed E-state index contributed by atoms with van der Waals surface area (Å²) < 4.78 is 10.3. The zero-order valence-electron chi connectivity index (χ0n) is 12.5. The molecule has 0 saturated heterocycles. The summed E-state index contributed by atoms with van der Waals surface area (Å²) in [6, 6.07) is 4.04. The molecule has 2 N–H and O–H groups in total. The van der Waals surface area contributed by atoms with E-state index >= 15 is 0 Å². The summed E-state index contributed by atoms with van der Waals surface area (Å²) >= 11 is 0. The predicted octanol–water partition coefficient (Wildman–Crippen LogP) is 1.73. The number of hydrogen-bond acceptors (Lipinski definition) is 5. The molecule has 0 aliphatic carbocycles. The van der Waals surface area contributed by atoms with Crippen LogP contribution in [0.15, 0.2) is 18.2 Å². The van der Waals surface area contributed by atoms with Gasteiger partial charge >= 0.3 is 5.97 Å². The van der Waals surface area contributed by atoms with Gasteiger partial charge in [-0.15, -0.1) is 0 Å². The molecular formula is C15H21NO5. The van der Waals surface area contributed by atoms with Gasteiger partial charge in [-0.25, -0.2) is 0 Å². The minimum Gasteiger partial charge on any atom is -0.493 e. The first kappa shape index (κ1) is 17.0. The number of carbonyl (C=O) groups is 2. The third-order valence-corrected chi connectivity index (χ3v) is 3.00. The van der Waals surface area contributed by atoms with Crippen LogP contribution in [0.3, 0.4) is 0 Å². The van der Waals surface area contributed by atoms with Crippen LogP contribution in [-0.2, 0) is 4.79 Å². The largest absolute Gasteiger partial charge is 0.493 e. The average molecular weight is 295 g/mol. The van der Waals surface area contributed by atoms with Crippen LogP contribution < -0.4 is 14.8 Å². The minimum atomic E-state index is -1.02. The molecule has 1 aromatic carbocycles. The van der Waals surface area contributed by atoms with Crippen molar-refractivity contribution in [1.29, 1.82) is 0 Å². The molecule has 0 bridgehead atoms. The molecule has 0 aliphatic heterocycles. The summed E-state index contributed by atoms with van der Waals surface area (Å²) in [6.07, 6.45) is 0.558. The molecule has 1 atom stereocenters. The van der Waals surface area contributed by atoms with E-state index < -0.39 is 12.0 Å². The highest BCUT2D eigenvalue weighted by atomic mass is 16.5. The highest BCUT2D eigenvalue weighted by molar-refractivity contribution is 6.02. The van der Waals surface area contributed by atoms with Crippen LogP contribution in [0.25, 0.3) is 0 Å². The van der Waals surface area contributed by atoms with Crippen LogP contribution >= 0.6 is 0 Å². The van der Waals surface area contributed by atoms with Gasteiger partial charge in [0.15, 0.2) is 17.3 Å². The van der Waals surface area contributed by atoms with Gasteiger partial charge in [-0.05, 0) is 31.2 Å². The highest BCUT2D eigenvalue weighted by Crippen LogP contribution is 2.28. The molecule has 6 nitrogen and oxygen atoms in total. The molecule has 6 heteroatoms. The number of nitrogens with one attached hydrogen (secondary N) is 1. The lowest BCUT2D eigenvalue weighted by Gasteiger charge is -2.16. The fourth-order valence-corrected chi connectivity index (χ4v) is 1.94. The molecule has 0 radical (unpaired) electrons. The molecule has 0 amide bonds. The number of carboxylic acid groups (broad SMARTS) is 1. The monoisotopic (exact) mass is 295 g/mol. The van der Waals surface area contributed by atoms with Gasteiger partial charge in [0.2, 0.25) is 0 Å². The third kappa shape index (κ3) is 4.75. The lowest BCUT2D eigenvalue weighted by Crippen LogP contribution is -2.39. The number of rotatable bonds is 9. The maximum absolute atomic E-state index is 12.4. The summed E-state index contributed by atoms with van der Waals surface area (Å²) in [5.41, 5.74) is 0.391. The molecular weight excluding hydrogens is 274 g/mol. The van der Waals surface area contributed by atoms with E-state index in [2.05, 4.69) is 5.32 Å². The number of carbonyl (C=O) groups excluding carboxylic acids is 1. The summed E-state index contributed by atoms with van der Waals surface area (Å²) in [4.78, 5) is 23.3. The van der Waals surface area contributed by atoms with E-state index in [4.69, 9.17) is 14.6 Å². The predicted molar refractivity (Wildman–Crippen MR) is 78.2 cm³/mol. The van der Waals surface area contributed by atoms with Crippen LogP contribution in [0.5, 0.6) is 11.5 Å². The van der Waals surface area contributed by atoms with Crippen LogP contribution in [0.4, 0.5) is 0 Å². The number of Topliss-reactive ketones (excluding diaryl/α,β-unsaturated/α-hetero) is 1. The maximum atomic E-state index is 12.4. The number of methoxy groups -OCH3 is 2. The van der Waals surface area contributed by atoms with Crippen molar-refractivity contribution in [2.45, 2.75) is 25.8 Å². The van der Waals surface area contributed by atoms with Gasteiger partial charge in [0, 0.05) is 5.56 Å². The Morgan fingerprint density at radius 3 is 2.43 bits per heavy atom. The molecule has 1 unspecified atom stereocenters. The van der Waals surface area contributed by atoms with Gasteiger partial charge in [0.25, 0.3) is 0 Å². The normalized spacial score (nSPS) is 11.8. The van der Waals surface area contributed by atoms with Gasteiger partial charge in [-0.2, -0.15) is 0 Å². The summed E-state index contributed by atoms with van der Waals surface area (Å²) in [6.45, 7) is 2.53. The Labute approximate surface area is 124 Å². The SMILES string of the molecule is CCCNC(CC(=O)O)C(=O)c1ccc(OC)c(OC)c1. The van der Waals surface area contributed by atoms with E-state index in [9.17, 15) is 9.59 Å². The molecule has 0 aliphatic rings. The molecule has 0 spiro atoms. The number of ether oxygens (including phenoxy) is 2. The number of hydrogen-bond donors (Lipinski definition) is 2. The number of ketones is 1. The Morgan fingerprint density at radius 1 is 1.24 bits per heavy atom. The van der Waals surface area contributed by atoms with Gasteiger partial charge in [0.05, 0.1) is 26.7 Å². The van der Waals surface area contributed by atoms with Crippen molar-refractivity contribution < 1.29 is 24.2 Å². The van der Waals surface area contributed by atoms with Crippen LogP contribution in [0.2, 0.25) is 0 Å².